The molecule has 6 rings (SSSR count). The zero-order valence-electron chi connectivity index (χ0n) is 19.5. The molecule has 174 valence electrons. The summed E-state index contributed by atoms with van der Waals surface area (Å²) < 4.78 is 5.81. The minimum atomic E-state index is -0.305. The van der Waals surface area contributed by atoms with Gasteiger partial charge in [0.2, 0.25) is 5.95 Å². The lowest BCUT2D eigenvalue weighted by molar-refractivity contribution is 0.379. The van der Waals surface area contributed by atoms with Crippen molar-refractivity contribution in [3.8, 4) is 11.3 Å². The van der Waals surface area contributed by atoms with E-state index in [1.165, 1.54) is 18.4 Å². The monoisotopic (exact) mass is 462 g/mol. The number of amidine groups is 1. The molecule has 1 saturated carbocycles. The van der Waals surface area contributed by atoms with Gasteiger partial charge in [-0.2, -0.15) is 4.98 Å². The fourth-order valence-corrected chi connectivity index (χ4v) is 4.31. The fraction of sp³-hybridized carbons (Fsp3) is 0.214. The predicted molar refractivity (Wildman–Crippen MR) is 137 cm³/mol. The zero-order valence-corrected chi connectivity index (χ0v) is 19.5. The zero-order chi connectivity index (χ0) is 23.6. The summed E-state index contributed by atoms with van der Waals surface area (Å²) in [6, 6.07) is 23.7. The van der Waals surface area contributed by atoms with Gasteiger partial charge in [-0.25, -0.2) is 4.98 Å². The average molecular weight is 463 g/mol. The Kier molecular flexibility index (Phi) is 5.58. The third-order valence-electron chi connectivity index (χ3n) is 6.25. The number of rotatable bonds is 7. The number of hydrogen-bond acceptors (Lipinski definition) is 7. The second-order valence-electron chi connectivity index (χ2n) is 9.01. The molecular formula is C28H26N6O. The van der Waals surface area contributed by atoms with E-state index in [1.54, 1.807) is 0 Å². The number of anilines is 2. The molecular weight excluding hydrogens is 436 g/mol. The Morgan fingerprint density at radius 2 is 1.71 bits per heavy atom. The Hall–Kier alpha value is -4.26. The van der Waals surface area contributed by atoms with E-state index in [2.05, 4.69) is 44.0 Å². The van der Waals surface area contributed by atoms with Crippen molar-refractivity contribution in [2.24, 2.45) is 10.9 Å². The molecule has 1 fully saturated rings. The molecule has 2 N–H and O–H groups in total. The summed E-state index contributed by atoms with van der Waals surface area (Å²) in [7, 11) is 0. The maximum atomic E-state index is 5.81. The van der Waals surface area contributed by atoms with Gasteiger partial charge >= 0.3 is 0 Å². The van der Waals surface area contributed by atoms with E-state index >= 15 is 0 Å². The first-order valence-corrected chi connectivity index (χ1v) is 11.9. The number of aryl methyl sites for hydroxylation is 1. The van der Waals surface area contributed by atoms with E-state index in [1.807, 2.05) is 67.6 Å². The summed E-state index contributed by atoms with van der Waals surface area (Å²) >= 11 is 0. The normalized spacial score (nSPS) is 15.9. The van der Waals surface area contributed by atoms with Gasteiger partial charge in [-0.05, 0) is 42.9 Å². The molecule has 0 radical (unpaired) electrons. The van der Waals surface area contributed by atoms with Gasteiger partial charge in [0.05, 0.1) is 6.54 Å². The van der Waals surface area contributed by atoms with Crippen molar-refractivity contribution in [1.82, 2.24) is 15.1 Å². The first kappa shape index (κ1) is 21.3. The van der Waals surface area contributed by atoms with Crippen LogP contribution in [0.25, 0.3) is 11.3 Å². The van der Waals surface area contributed by atoms with Crippen molar-refractivity contribution in [2.75, 3.05) is 17.2 Å². The Morgan fingerprint density at radius 3 is 2.49 bits per heavy atom. The lowest BCUT2D eigenvalue weighted by atomic mass is 10.0. The molecule has 2 aliphatic rings. The molecule has 2 aromatic heterocycles. The highest BCUT2D eigenvalue weighted by Gasteiger charge is 2.28. The SMILES string of the molecule is Cc1cc(NC2=NCC(C3CC3)=C2)nc(NC(c2ccccc2)c2cc(-c3ccccc3)no2)n1. The van der Waals surface area contributed by atoms with Gasteiger partial charge in [0.1, 0.15) is 23.4 Å². The lowest BCUT2D eigenvalue weighted by Crippen LogP contribution is -2.16. The van der Waals surface area contributed by atoms with Gasteiger partial charge in [-0.15, -0.1) is 0 Å². The Bertz CT molecular complexity index is 1390. The molecule has 7 nitrogen and oxygen atoms in total. The third kappa shape index (κ3) is 4.84. The van der Waals surface area contributed by atoms with Crippen LogP contribution in [0.1, 0.15) is 35.9 Å². The topological polar surface area (TPSA) is 88.2 Å². The first-order chi connectivity index (χ1) is 17.2. The van der Waals surface area contributed by atoms with E-state index in [0.717, 1.165) is 40.8 Å². The largest absolute Gasteiger partial charge is 0.358 e. The molecule has 1 unspecified atom stereocenters. The standard InChI is InChI=1S/C28H26N6O/c1-18-14-26(31-25-15-22(17-29-25)19-12-13-19)32-28(30-18)33-27(21-10-6-3-7-11-21)24-16-23(34-35-24)20-8-4-2-5-9-20/h2-11,14-16,19,27H,12-13,17H2,1H3,(H2,29,30,31,32,33). The van der Waals surface area contributed by atoms with Crippen molar-refractivity contribution in [3.05, 3.63) is 101 Å². The smallest absolute Gasteiger partial charge is 0.225 e. The van der Waals surface area contributed by atoms with Crippen LogP contribution in [0.2, 0.25) is 0 Å². The van der Waals surface area contributed by atoms with E-state index < -0.39 is 0 Å². The highest BCUT2D eigenvalue weighted by molar-refractivity contribution is 6.05. The molecule has 4 aromatic rings. The minimum absolute atomic E-state index is 0.305. The summed E-state index contributed by atoms with van der Waals surface area (Å²) in [5, 5.41) is 11.1. The van der Waals surface area contributed by atoms with Crippen molar-refractivity contribution < 1.29 is 4.52 Å². The summed E-state index contributed by atoms with van der Waals surface area (Å²) in [4.78, 5) is 14.0. The third-order valence-corrected chi connectivity index (χ3v) is 6.25. The summed E-state index contributed by atoms with van der Waals surface area (Å²) in [5.74, 6) is 3.48. The number of hydrogen-bond donors (Lipinski definition) is 2. The van der Waals surface area contributed by atoms with Gasteiger partial charge in [-0.1, -0.05) is 65.8 Å². The Labute approximate surface area is 204 Å². The second kappa shape index (κ2) is 9.18. The molecule has 3 heterocycles. The molecule has 1 atom stereocenters. The summed E-state index contributed by atoms with van der Waals surface area (Å²) in [5.41, 5.74) is 5.08. The fourth-order valence-electron chi connectivity index (χ4n) is 4.31. The molecule has 2 aromatic carbocycles. The van der Waals surface area contributed by atoms with Crippen LogP contribution in [0.3, 0.4) is 0 Å². The molecule has 0 saturated heterocycles. The number of aromatic nitrogens is 3. The quantitative estimate of drug-likeness (QED) is 0.361. The Balaban J connectivity index is 1.28. The van der Waals surface area contributed by atoms with Gasteiger partial charge in [0.25, 0.3) is 0 Å². The van der Waals surface area contributed by atoms with Crippen LogP contribution in [-0.2, 0) is 0 Å². The van der Waals surface area contributed by atoms with Gasteiger partial charge < -0.3 is 15.2 Å². The van der Waals surface area contributed by atoms with Crippen molar-refractivity contribution in [2.45, 2.75) is 25.8 Å². The maximum absolute atomic E-state index is 5.81. The second-order valence-corrected chi connectivity index (χ2v) is 9.01. The molecule has 1 aliphatic heterocycles. The van der Waals surface area contributed by atoms with Crippen LogP contribution in [0.15, 0.2) is 94.0 Å². The number of nitrogens with one attached hydrogen (secondary N) is 2. The van der Waals surface area contributed by atoms with Crippen molar-refractivity contribution in [3.63, 3.8) is 0 Å². The van der Waals surface area contributed by atoms with Crippen LogP contribution in [-0.4, -0.2) is 27.5 Å². The van der Waals surface area contributed by atoms with Gasteiger partial charge in [0, 0.05) is 23.4 Å². The average Bonchev–Trinajstić information content (AvgIpc) is 3.43. The Morgan fingerprint density at radius 1 is 0.943 bits per heavy atom. The highest BCUT2D eigenvalue weighted by atomic mass is 16.5. The highest BCUT2D eigenvalue weighted by Crippen LogP contribution is 2.38. The molecule has 0 bridgehead atoms. The van der Waals surface area contributed by atoms with Gasteiger partial charge in [0.15, 0.2) is 5.76 Å². The molecule has 0 amide bonds. The number of nitrogens with zero attached hydrogens (tertiary/aromatic N) is 4. The van der Waals surface area contributed by atoms with Crippen LogP contribution >= 0.6 is 0 Å². The van der Waals surface area contributed by atoms with E-state index in [9.17, 15) is 0 Å². The maximum Gasteiger partial charge on any atom is 0.225 e. The number of aliphatic imine (C=N–C) groups is 1. The summed E-state index contributed by atoms with van der Waals surface area (Å²) in [6.07, 6.45) is 4.72. The lowest BCUT2D eigenvalue weighted by Gasteiger charge is -2.17. The van der Waals surface area contributed by atoms with Crippen molar-refractivity contribution in [1.29, 1.82) is 0 Å². The van der Waals surface area contributed by atoms with E-state index in [-0.39, 0.29) is 6.04 Å². The number of benzene rings is 2. The van der Waals surface area contributed by atoms with Crippen LogP contribution in [0.5, 0.6) is 0 Å². The minimum Gasteiger partial charge on any atom is -0.358 e. The van der Waals surface area contributed by atoms with E-state index in [4.69, 9.17) is 9.51 Å². The molecule has 7 heteroatoms. The van der Waals surface area contributed by atoms with Gasteiger partial charge in [-0.3, -0.25) is 4.99 Å². The van der Waals surface area contributed by atoms with Crippen LogP contribution in [0.4, 0.5) is 11.8 Å². The van der Waals surface area contributed by atoms with Crippen LogP contribution < -0.4 is 10.6 Å². The predicted octanol–water partition coefficient (Wildman–Crippen LogP) is 5.80. The molecule has 0 spiro atoms. The molecule has 1 aliphatic carbocycles. The van der Waals surface area contributed by atoms with E-state index in [0.29, 0.717) is 17.5 Å². The molecule has 35 heavy (non-hydrogen) atoms. The summed E-state index contributed by atoms with van der Waals surface area (Å²) in [6.45, 7) is 2.74. The van der Waals surface area contributed by atoms with Crippen molar-refractivity contribution >= 4 is 17.6 Å². The first-order valence-electron chi connectivity index (χ1n) is 11.9. The van der Waals surface area contributed by atoms with Crippen LogP contribution in [0, 0.1) is 12.8 Å².